The minimum Gasteiger partial charge on any atom is -0.466 e. The highest BCUT2D eigenvalue weighted by atomic mass is 35.5. The molecule has 2 aromatic carbocycles. The molecule has 0 saturated heterocycles. The lowest BCUT2D eigenvalue weighted by molar-refractivity contribution is -0.139. The molecule has 1 unspecified atom stereocenters. The zero-order chi connectivity index (χ0) is 26.1. The van der Waals surface area contributed by atoms with Crippen molar-refractivity contribution in [3.8, 4) is 6.07 Å². The van der Waals surface area contributed by atoms with Gasteiger partial charge in [-0.25, -0.2) is 9.59 Å². The molecule has 2 aromatic rings. The number of nitriles is 1. The maximum atomic E-state index is 13.6. The predicted molar refractivity (Wildman–Crippen MR) is 121 cm³/mol. The summed E-state index contributed by atoms with van der Waals surface area (Å²) >= 11 is 12.3. The Labute approximate surface area is 207 Å². The van der Waals surface area contributed by atoms with E-state index in [1.807, 2.05) is 6.07 Å². The summed E-state index contributed by atoms with van der Waals surface area (Å²) < 4.78 is 50.5. The van der Waals surface area contributed by atoms with Crippen molar-refractivity contribution in [3.05, 3.63) is 86.3 Å². The van der Waals surface area contributed by atoms with Crippen LogP contribution in [0.25, 0.3) is 0 Å². The Morgan fingerprint density at radius 1 is 1.06 bits per heavy atom. The summed E-state index contributed by atoms with van der Waals surface area (Å²) in [6, 6.07) is 11.5. The maximum absolute atomic E-state index is 13.6. The molecule has 182 valence electrons. The normalized spacial score (nSPS) is 16.2. The first-order valence-electron chi connectivity index (χ1n) is 9.70. The van der Waals surface area contributed by atoms with Gasteiger partial charge >= 0.3 is 18.1 Å². The van der Waals surface area contributed by atoms with Crippen molar-refractivity contribution in [2.24, 2.45) is 5.73 Å². The summed E-state index contributed by atoms with van der Waals surface area (Å²) in [7, 11) is 2.03. The average molecular weight is 526 g/mol. The molecule has 0 spiro atoms. The number of allylic oxidation sites excluding steroid dienone is 1. The molecule has 0 saturated carbocycles. The molecule has 0 aliphatic carbocycles. The number of hydrogen-bond donors (Lipinski definition) is 1. The second-order valence-corrected chi connectivity index (χ2v) is 7.88. The molecular weight excluding hydrogens is 510 g/mol. The van der Waals surface area contributed by atoms with Gasteiger partial charge in [-0.15, -0.1) is 0 Å². The van der Waals surface area contributed by atoms with E-state index in [0.29, 0.717) is 11.6 Å². The fourth-order valence-corrected chi connectivity index (χ4v) is 4.36. The van der Waals surface area contributed by atoms with Gasteiger partial charge in [-0.1, -0.05) is 53.5 Å². The van der Waals surface area contributed by atoms with Gasteiger partial charge in [0, 0.05) is 0 Å². The first-order chi connectivity index (χ1) is 16.5. The molecule has 1 heterocycles. The molecule has 7 nitrogen and oxygen atoms in total. The van der Waals surface area contributed by atoms with Gasteiger partial charge in [0.05, 0.1) is 58.6 Å². The van der Waals surface area contributed by atoms with E-state index in [0.717, 1.165) is 25.2 Å². The van der Waals surface area contributed by atoms with Crippen molar-refractivity contribution >= 4 is 40.8 Å². The van der Waals surface area contributed by atoms with Gasteiger partial charge in [0.1, 0.15) is 11.5 Å². The number of methoxy groups -OCH3 is 2. The Balaban J connectivity index is 2.51. The summed E-state index contributed by atoms with van der Waals surface area (Å²) in [6.45, 7) is 0. The average Bonchev–Trinajstić information content (AvgIpc) is 2.82. The summed E-state index contributed by atoms with van der Waals surface area (Å²) in [5, 5.41) is 8.73. The van der Waals surface area contributed by atoms with Crippen LogP contribution in [-0.2, 0) is 25.2 Å². The van der Waals surface area contributed by atoms with Crippen molar-refractivity contribution in [2.75, 3.05) is 19.1 Å². The van der Waals surface area contributed by atoms with Crippen LogP contribution in [-0.4, -0.2) is 26.2 Å². The van der Waals surface area contributed by atoms with E-state index in [9.17, 15) is 28.0 Å². The molecule has 0 radical (unpaired) electrons. The number of halogens is 5. The molecule has 1 atom stereocenters. The molecule has 0 bridgehead atoms. The van der Waals surface area contributed by atoms with Crippen molar-refractivity contribution in [1.29, 1.82) is 5.26 Å². The van der Waals surface area contributed by atoms with Crippen molar-refractivity contribution in [2.45, 2.75) is 12.1 Å². The van der Waals surface area contributed by atoms with Crippen LogP contribution in [0.3, 0.4) is 0 Å². The number of nitrogens with two attached hydrogens (primary N) is 1. The Kier molecular flexibility index (Phi) is 7.33. The molecule has 1 aliphatic heterocycles. The number of benzene rings is 2. The largest absolute Gasteiger partial charge is 0.466 e. The third-order valence-corrected chi connectivity index (χ3v) is 5.89. The molecule has 3 rings (SSSR count). The summed E-state index contributed by atoms with van der Waals surface area (Å²) in [5.74, 6) is -3.89. The number of anilines is 1. The van der Waals surface area contributed by atoms with E-state index >= 15 is 0 Å². The van der Waals surface area contributed by atoms with E-state index < -0.39 is 57.4 Å². The van der Waals surface area contributed by atoms with Crippen LogP contribution in [0.4, 0.5) is 18.9 Å². The first-order valence-corrected chi connectivity index (χ1v) is 10.5. The number of rotatable bonds is 4. The predicted octanol–water partition coefficient (Wildman–Crippen LogP) is 4.91. The number of alkyl halides is 3. The van der Waals surface area contributed by atoms with Gasteiger partial charge in [-0.2, -0.15) is 18.4 Å². The lowest BCUT2D eigenvalue weighted by atomic mass is 9.81. The Morgan fingerprint density at radius 2 is 1.66 bits per heavy atom. The van der Waals surface area contributed by atoms with Gasteiger partial charge in [-0.3, -0.25) is 4.90 Å². The summed E-state index contributed by atoms with van der Waals surface area (Å²) in [6.07, 6.45) is -4.89. The van der Waals surface area contributed by atoms with Gasteiger partial charge in [0.25, 0.3) is 0 Å². The monoisotopic (exact) mass is 525 g/mol. The Morgan fingerprint density at radius 3 is 2.17 bits per heavy atom. The molecule has 2 N–H and O–H groups in total. The highest BCUT2D eigenvalue weighted by Crippen LogP contribution is 2.49. The fraction of sp³-hybridized carbons (Fsp3) is 0.174. The zero-order valence-corrected chi connectivity index (χ0v) is 19.6. The van der Waals surface area contributed by atoms with Crippen molar-refractivity contribution in [1.82, 2.24) is 0 Å². The second kappa shape index (κ2) is 9.90. The lowest BCUT2D eigenvalue weighted by Crippen LogP contribution is -2.41. The molecule has 35 heavy (non-hydrogen) atoms. The van der Waals surface area contributed by atoms with Gasteiger partial charge in [0.2, 0.25) is 0 Å². The Hall–Kier alpha value is -3.68. The van der Waals surface area contributed by atoms with Gasteiger partial charge in [-0.05, 0) is 17.7 Å². The molecule has 12 heteroatoms. The number of carbonyl (C=O) groups excluding carboxylic acids is 2. The molecule has 0 aromatic heterocycles. The topological polar surface area (TPSA) is 106 Å². The molecular formula is C23H16Cl2F3N3O4. The van der Waals surface area contributed by atoms with Crippen LogP contribution in [0.2, 0.25) is 10.0 Å². The lowest BCUT2D eigenvalue weighted by Gasteiger charge is -2.36. The maximum Gasteiger partial charge on any atom is 0.417 e. The first kappa shape index (κ1) is 25.9. The van der Waals surface area contributed by atoms with E-state index in [-0.39, 0.29) is 10.6 Å². The van der Waals surface area contributed by atoms with E-state index in [1.165, 1.54) is 0 Å². The number of carbonyl (C=O) groups is 2. The van der Waals surface area contributed by atoms with Crippen LogP contribution in [0.15, 0.2) is 65.1 Å². The van der Waals surface area contributed by atoms with Crippen LogP contribution >= 0.6 is 23.2 Å². The number of esters is 2. The van der Waals surface area contributed by atoms with Crippen molar-refractivity contribution < 1.29 is 32.2 Å². The highest BCUT2D eigenvalue weighted by molar-refractivity contribution is 6.40. The number of nitrogens with zero attached hydrogens (tertiary/aromatic N) is 2. The number of hydrogen-bond acceptors (Lipinski definition) is 7. The fourth-order valence-electron chi connectivity index (χ4n) is 3.71. The number of ether oxygens (including phenoxy) is 2. The van der Waals surface area contributed by atoms with Crippen LogP contribution in [0.1, 0.15) is 17.0 Å². The Bertz CT molecular complexity index is 1300. The third kappa shape index (κ3) is 4.52. The molecule has 0 fully saturated rings. The quantitative estimate of drug-likeness (QED) is 0.565. The van der Waals surface area contributed by atoms with Crippen molar-refractivity contribution in [3.63, 3.8) is 0 Å². The van der Waals surface area contributed by atoms with Crippen LogP contribution in [0, 0.1) is 11.3 Å². The minimum atomic E-state index is -4.89. The minimum absolute atomic E-state index is 0.256. The van der Waals surface area contributed by atoms with Gasteiger partial charge < -0.3 is 15.2 Å². The van der Waals surface area contributed by atoms with Gasteiger partial charge in [0.15, 0.2) is 0 Å². The highest BCUT2D eigenvalue weighted by Gasteiger charge is 2.45. The SMILES string of the molecule is COC(=O)C1=C(C(=O)OC)N(c2c(Cl)ccc(C(F)(F)F)c2Cl)C(N)=C(C#N)C1c1ccccc1. The van der Waals surface area contributed by atoms with E-state index in [1.54, 1.807) is 30.3 Å². The van der Waals surface area contributed by atoms with Crippen LogP contribution < -0.4 is 10.6 Å². The third-order valence-electron chi connectivity index (χ3n) is 5.21. The standard InChI is InChI=1S/C23H16Cl2F3N3O4/c1-34-21(32)16-15(11-6-4-3-5-7-11)12(10-29)20(30)31(19(16)22(33)35-2)18-14(24)9-8-13(17(18)25)23(26,27)28/h3-9,15H,30H2,1-2H3. The van der Waals surface area contributed by atoms with E-state index in [4.69, 9.17) is 38.4 Å². The molecule has 1 aliphatic rings. The van der Waals surface area contributed by atoms with E-state index in [2.05, 4.69) is 0 Å². The second-order valence-electron chi connectivity index (χ2n) is 7.09. The zero-order valence-electron chi connectivity index (χ0n) is 18.1. The summed E-state index contributed by atoms with van der Waals surface area (Å²) in [4.78, 5) is 26.7. The van der Waals surface area contributed by atoms with Crippen LogP contribution in [0.5, 0.6) is 0 Å². The molecule has 0 amide bonds. The smallest absolute Gasteiger partial charge is 0.417 e. The summed E-state index contributed by atoms with van der Waals surface area (Å²) in [5.41, 5.74) is 3.54.